The molecule has 0 radical (unpaired) electrons. The Morgan fingerprint density at radius 1 is 1.40 bits per heavy atom. The fourth-order valence-electron chi connectivity index (χ4n) is 2.07. The molecule has 0 spiro atoms. The lowest BCUT2D eigenvalue weighted by Crippen LogP contribution is -2.36. The molecule has 0 aromatic heterocycles. The van der Waals surface area contributed by atoms with E-state index >= 15 is 0 Å². The van der Waals surface area contributed by atoms with Gasteiger partial charge < -0.3 is 20.8 Å². The van der Waals surface area contributed by atoms with Crippen LogP contribution in [-0.4, -0.2) is 28.3 Å². The molecular weight excluding hydrogens is 260 g/mol. The van der Waals surface area contributed by atoms with Crippen LogP contribution in [0.1, 0.15) is 36.5 Å². The molecule has 0 bridgehead atoms. The number of nitrogens with one attached hydrogen (secondary N) is 2. The Kier molecular flexibility index (Phi) is 4.12. The second-order valence-corrected chi connectivity index (χ2v) is 5.22. The van der Waals surface area contributed by atoms with E-state index in [0.29, 0.717) is 5.92 Å². The Morgan fingerprint density at radius 2 is 2.10 bits per heavy atom. The molecule has 1 fully saturated rings. The normalized spacial score (nSPS) is 15.4. The van der Waals surface area contributed by atoms with Crippen molar-refractivity contribution < 1.29 is 19.8 Å². The molecule has 1 saturated carbocycles. The van der Waals surface area contributed by atoms with Crippen LogP contribution in [0, 0.1) is 5.92 Å². The van der Waals surface area contributed by atoms with Crippen molar-refractivity contribution in [2.24, 2.45) is 5.92 Å². The molecule has 108 valence electrons. The number of hydrogen-bond acceptors (Lipinski definition) is 3. The van der Waals surface area contributed by atoms with Crippen molar-refractivity contribution in [2.45, 2.75) is 32.2 Å². The number of aromatic carboxylic acids is 1. The molecule has 0 aliphatic heterocycles. The zero-order chi connectivity index (χ0) is 14.7. The van der Waals surface area contributed by atoms with Gasteiger partial charge in [-0.1, -0.05) is 12.8 Å². The largest absolute Gasteiger partial charge is 0.506 e. The van der Waals surface area contributed by atoms with Crippen LogP contribution in [-0.2, 0) is 0 Å². The van der Waals surface area contributed by atoms with Crippen molar-refractivity contribution >= 4 is 17.7 Å². The number of amides is 2. The number of carboxylic acid groups (broad SMARTS) is 1. The molecule has 4 N–H and O–H groups in total. The maximum absolute atomic E-state index is 11.7. The average molecular weight is 278 g/mol. The molecule has 1 aromatic rings. The van der Waals surface area contributed by atoms with Crippen LogP contribution in [0.2, 0.25) is 0 Å². The van der Waals surface area contributed by atoms with Gasteiger partial charge in [0.15, 0.2) is 0 Å². The molecule has 1 unspecified atom stereocenters. The van der Waals surface area contributed by atoms with Gasteiger partial charge in [-0.3, -0.25) is 0 Å². The predicted octanol–water partition coefficient (Wildman–Crippen LogP) is 2.40. The monoisotopic (exact) mass is 278 g/mol. The molecule has 1 aromatic carbocycles. The fraction of sp³-hybridized carbons (Fsp3) is 0.429. The Morgan fingerprint density at radius 3 is 2.65 bits per heavy atom. The van der Waals surface area contributed by atoms with Gasteiger partial charge in [-0.2, -0.15) is 0 Å². The van der Waals surface area contributed by atoms with Gasteiger partial charge in [0.05, 0.1) is 11.3 Å². The van der Waals surface area contributed by atoms with E-state index in [0.717, 1.165) is 12.5 Å². The van der Waals surface area contributed by atoms with Gasteiger partial charge in [0.2, 0.25) is 0 Å². The molecule has 1 aliphatic rings. The summed E-state index contributed by atoms with van der Waals surface area (Å²) in [5, 5.41) is 23.7. The first-order valence-corrected chi connectivity index (χ1v) is 6.59. The van der Waals surface area contributed by atoms with E-state index in [1.54, 1.807) is 0 Å². The van der Waals surface area contributed by atoms with Gasteiger partial charge in [0, 0.05) is 6.04 Å². The summed E-state index contributed by atoms with van der Waals surface area (Å²) in [5.41, 5.74) is 0.154. The maximum atomic E-state index is 11.7. The standard InChI is InChI=1S/C14H18N2O4/c1-8(6-9-2-3-9)15-14(20)16-11-5-4-10(13(18)19)7-12(11)17/h4-5,7-9,17H,2-3,6H2,1H3,(H,18,19)(H2,15,16,20). The van der Waals surface area contributed by atoms with E-state index in [1.165, 1.54) is 25.0 Å². The summed E-state index contributed by atoms with van der Waals surface area (Å²) in [4.78, 5) is 22.5. The Labute approximate surface area is 116 Å². The minimum absolute atomic E-state index is 0.0319. The zero-order valence-corrected chi connectivity index (χ0v) is 11.2. The lowest BCUT2D eigenvalue weighted by atomic mass is 10.1. The number of benzene rings is 1. The Balaban J connectivity index is 1.91. The first kappa shape index (κ1) is 14.2. The second kappa shape index (κ2) is 5.81. The van der Waals surface area contributed by atoms with Crippen LogP contribution in [0.4, 0.5) is 10.5 Å². The molecule has 1 aliphatic carbocycles. The highest BCUT2D eigenvalue weighted by atomic mass is 16.4. The molecule has 6 heteroatoms. The summed E-state index contributed by atoms with van der Waals surface area (Å²) in [6.07, 6.45) is 3.41. The second-order valence-electron chi connectivity index (χ2n) is 5.22. The zero-order valence-electron chi connectivity index (χ0n) is 11.2. The van der Waals surface area contributed by atoms with Crippen LogP contribution in [0.3, 0.4) is 0 Å². The van der Waals surface area contributed by atoms with E-state index in [2.05, 4.69) is 10.6 Å². The smallest absolute Gasteiger partial charge is 0.335 e. The lowest BCUT2D eigenvalue weighted by Gasteiger charge is -2.14. The number of aromatic hydroxyl groups is 1. The van der Waals surface area contributed by atoms with Crippen molar-refractivity contribution in [3.05, 3.63) is 23.8 Å². The van der Waals surface area contributed by atoms with Gasteiger partial charge in [-0.25, -0.2) is 9.59 Å². The van der Waals surface area contributed by atoms with E-state index in [1.807, 2.05) is 6.92 Å². The summed E-state index contributed by atoms with van der Waals surface area (Å²) >= 11 is 0. The molecule has 0 saturated heterocycles. The van der Waals surface area contributed by atoms with Gasteiger partial charge in [-0.05, 0) is 37.5 Å². The quantitative estimate of drug-likeness (QED) is 0.621. The Hall–Kier alpha value is -2.24. The fourth-order valence-corrected chi connectivity index (χ4v) is 2.07. The first-order chi connectivity index (χ1) is 9.45. The minimum Gasteiger partial charge on any atom is -0.506 e. The molecule has 20 heavy (non-hydrogen) atoms. The van der Waals surface area contributed by atoms with Crippen LogP contribution < -0.4 is 10.6 Å². The number of rotatable bonds is 5. The number of urea groups is 1. The number of phenols is 1. The number of carbonyl (C=O) groups excluding carboxylic acids is 1. The number of anilines is 1. The highest BCUT2D eigenvalue weighted by molar-refractivity contribution is 5.93. The lowest BCUT2D eigenvalue weighted by molar-refractivity contribution is 0.0696. The van der Waals surface area contributed by atoms with E-state index in [4.69, 9.17) is 5.11 Å². The molecule has 1 atom stereocenters. The molecule has 6 nitrogen and oxygen atoms in total. The highest BCUT2D eigenvalue weighted by Gasteiger charge is 2.24. The van der Waals surface area contributed by atoms with Crippen molar-refractivity contribution in [3.8, 4) is 5.75 Å². The van der Waals surface area contributed by atoms with Gasteiger partial charge in [0.25, 0.3) is 0 Å². The molecular formula is C14H18N2O4. The SMILES string of the molecule is CC(CC1CC1)NC(=O)Nc1ccc(C(=O)O)cc1O. The summed E-state index contributed by atoms with van der Waals surface area (Å²) in [5.74, 6) is -0.683. The predicted molar refractivity (Wildman–Crippen MR) is 74.0 cm³/mol. The summed E-state index contributed by atoms with van der Waals surface area (Å²) < 4.78 is 0. The maximum Gasteiger partial charge on any atom is 0.335 e. The molecule has 2 rings (SSSR count). The Bertz CT molecular complexity index is 526. The highest BCUT2D eigenvalue weighted by Crippen LogP contribution is 2.33. The molecule has 0 heterocycles. The number of hydrogen-bond donors (Lipinski definition) is 4. The number of phenolic OH excluding ortho intramolecular Hbond substituents is 1. The van der Waals surface area contributed by atoms with Crippen molar-refractivity contribution in [1.29, 1.82) is 0 Å². The van der Waals surface area contributed by atoms with Crippen LogP contribution >= 0.6 is 0 Å². The van der Waals surface area contributed by atoms with Crippen LogP contribution in [0.25, 0.3) is 0 Å². The topological polar surface area (TPSA) is 98.7 Å². The number of carbonyl (C=O) groups is 2. The summed E-state index contributed by atoms with van der Waals surface area (Å²) in [6.45, 7) is 1.94. The van der Waals surface area contributed by atoms with Gasteiger partial charge in [0.1, 0.15) is 5.75 Å². The van der Waals surface area contributed by atoms with Gasteiger partial charge in [-0.15, -0.1) is 0 Å². The van der Waals surface area contributed by atoms with Crippen LogP contribution in [0.15, 0.2) is 18.2 Å². The third kappa shape index (κ3) is 3.88. The number of carboxylic acids is 1. The van der Waals surface area contributed by atoms with Crippen molar-refractivity contribution in [1.82, 2.24) is 5.32 Å². The summed E-state index contributed by atoms with van der Waals surface area (Å²) in [7, 11) is 0. The van der Waals surface area contributed by atoms with Crippen LogP contribution in [0.5, 0.6) is 5.75 Å². The minimum atomic E-state index is -1.13. The van der Waals surface area contributed by atoms with E-state index in [-0.39, 0.29) is 23.0 Å². The third-order valence-corrected chi connectivity index (χ3v) is 3.25. The third-order valence-electron chi connectivity index (χ3n) is 3.25. The summed E-state index contributed by atoms with van der Waals surface area (Å²) in [6, 6.07) is 3.46. The van der Waals surface area contributed by atoms with Crippen molar-refractivity contribution in [2.75, 3.05) is 5.32 Å². The van der Waals surface area contributed by atoms with E-state index in [9.17, 15) is 14.7 Å². The molecule has 2 amide bonds. The first-order valence-electron chi connectivity index (χ1n) is 6.59. The van der Waals surface area contributed by atoms with Gasteiger partial charge >= 0.3 is 12.0 Å². The van der Waals surface area contributed by atoms with Crippen molar-refractivity contribution in [3.63, 3.8) is 0 Å². The van der Waals surface area contributed by atoms with E-state index < -0.39 is 12.0 Å². The average Bonchev–Trinajstić information content (AvgIpc) is 3.15.